The van der Waals surface area contributed by atoms with Crippen molar-refractivity contribution in [1.29, 1.82) is 0 Å². The van der Waals surface area contributed by atoms with E-state index in [1.165, 1.54) is 9.96 Å². The van der Waals surface area contributed by atoms with Crippen LogP contribution in [0.5, 0.6) is 0 Å². The van der Waals surface area contributed by atoms with Gasteiger partial charge in [0.05, 0.1) is 4.21 Å². The van der Waals surface area contributed by atoms with Crippen molar-refractivity contribution < 1.29 is 0 Å². The Balaban J connectivity index is 2.32. The quantitative estimate of drug-likeness (QED) is 0.590. The van der Waals surface area contributed by atoms with Crippen LogP contribution in [0.25, 0.3) is 0 Å². The Morgan fingerprint density at radius 3 is 2.77 bits per heavy atom. The molecule has 0 nitrogen and oxygen atoms in total. The van der Waals surface area contributed by atoms with Gasteiger partial charge in [-0.3, -0.25) is 0 Å². The maximum absolute atomic E-state index is 4.38. The number of hydrogen-bond acceptors (Lipinski definition) is 3. The number of thioether (sulfide) groups is 1. The summed E-state index contributed by atoms with van der Waals surface area (Å²) in [5.41, 5.74) is 0. The van der Waals surface area contributed by atoms with E-state index in [0.717, 1.165) is 17.6 Å². The van der Waals surface area contributed by atoms with Crippen molar-refractivity contribution in [2.45, 2.75) is 18.1 Å². The van der Waals surface area contributed by atoms with Crippen molar-refractivity contribution in [3.63, 3.8) is 0 Å². The van der Waals surface area contributed by atoms with Gasteiger partial charge in [0.2, 0.25) is 0 Å². The van der Waals surface area contributed by atoms with Gasteiger partial charge in [0.25, 0.3) is 0 Å². The van der Waals surface area contributed by atoms with Gasteiger partial charge in [-0.25, -0.2) is 0 Å². The number of hydrogen-bond donors (Lipinski definition) is 1. The molecular weight excluding hydrogens is 216 g/mol. The first-order valence-corrected chi connectivity index (χ1v) is 7.01. The van der Waals surface area contributed by atoms with E-state index in [4.69, 9.17) is 0 Å². The Kier molecular flexibility index (Phi) is 5.29. The van der Waals surface area contributed by atoms with Gasteiger partial charge in [0, 0.05) is 5.75 Å². The van der Waals surface area contributed by atoms with Crippen molar-refractivity contribution >= 4 is 35.7 Å². The first-order valence-electron chi connectivity index (χ1n) is 4.51. The molecule has 1 aromatic heterocycles. The molecule has 3 heteroatoms. The van der Waals surface area contributed by atoms with Crippen LogP contribution >= 0.6 is 35.7 Å². The summed E-state index contributed by atoms with van der Waals surface area (Å²) in [6.07, 6.45) is 0. The summed E-state index contributed by atoms with van der Waals surface area (Å²) in [5.74, 6) is 3.66. The Morgan fingerprint density at radius 1 is 1.54 bits per heavy atom. The van der Waals surface area contributed by atoms with Gasteiger partial charge >= 0.3 is 0 Å². The van der Waals surface area contributed by atoms with E-state index in [1.807, 2.05) is 23.1 Å². The second-order valence-electron chi connectivity index (χ2n) is 3.43. The highest BCUT2D eigenvalue weighted by atomic mass is 32.2. The van der Waals surface area contributed by atoms with Crippen LogP contribution in [-0.4, -0.2) is 11.5 Å². The summed E-state index contributed by atoms with van der Waals surface area (Å²) in [5, 5.41) is 2.13. The normalized spacial score (nSPS) is 13.5. The number of rotatable bonds is 5. The van der Waals surface area contributed by atoms with Crippen LogP contribution < -0.4 is 0 Å². The molecule has 0 spiro atoms. The highest BCUT2D eigenvalue weighted by molar-refractivity contribution is 8.01. The zero-order chi connectivity index (χ0) is 9.68. The summed E-state index contributed by atoms with van der Waals surface area (Å²) in [4.78, 5) is 0. The lowest BCUT2D eigenvalue weighted by molar-refractivity contribution is 0.473. The maximum atomic E-state index is 4.38. The molecule has 0 aliphatic carbocycles. The average molecular weight is 232 g/mol. The molecular formula is C10H16S3. The highest BCUT2D eigenvalue weighted by Crippen LogP contribution is 2.28. The SMILES string of the molecule is CC(C)C(CS)CSc1cccs1. The van der Waals surface area contributed by atoms with E-state index in [1.54, 1.807) is 0 Å². The molecule has 0 aliphatic rings. The lowest BCUT2D eigenvalue weighted by atomic mass is 10.0. The van der Waals surface area contributed by atoms with Gasteiger partial charge < -0.3 is 0 Å². The van der Waals surface area contributed by atoms with Gasteiger partial charge in [0.1, 0.15) is 0 Å². The molecule has 0 aliphatic heterocycles. The van der Waals surface area contributed by atoms with Crippen molar-refractivity contribution in [2.24, 2.45) is 11.8 Å². The van der Waals surface area contributed by atoms with Crippen molar-refractivity contribution in [3.05, 3.63) is 17.5 Å². The number of thiophene rings is 1. The Labute approximate surface area is 94.5 Å². The minimum absolute atomic E-state index is 0.732. The molecule has 0 saturated heterocycles. The zero-order valence-corrected chi connectivity index (χ0v) is 10.6. The molecule has 0 fully saturated rings. The predicted octanol–water partition coefficient (Wildman–Crippen LogP) is 4.04. The largest absolute Gasteiger partial charge is 0.179 e. The maximum Gasteiger partial charge on any atom is 0.0598 e. The molecule has 0 amide bonds. The third kappa shape index (κ3) is 3.96. The topological polar surface area (TPSA) is 0 Å². The molecule has 0 saturated carbocycles. The van der Waals surface area contributed by atoms with Crippen LogP contribution in [0.3, 0.4) is 0 Å². The van der Waals surface area contributed by atoms with E-state index < -0.39 is 0 Å². The minimum Gasteiger partial charge on any atom is -0.179 e. The monoisotopic (exact) mass is 232 g/mol. The van der Waals surface area contributed by atoms with E-state index in [0.29, 0.717) is 0 Å². The number of thiol groups is 1. The van der Waals surface area contributed by atoms with Crippen LogP contribution in [0.15, 0.2) is 21.7 Å². The van der Waals surface area contributed by atoms with Gasteiger partial charge in [-0.1, -0.05) is 19.9 Å². The van der Waals surface area contributed by atoms with E-state index in [9.17, 15) is 0 Å². The molecule has 0 bridgehead atoms. The van der Waals surface area contributed by atoms with Gasteiger partial charge in [-0.15, -0.1) is 23.1 Å². The zero-order valence-electron chi connectivity index (χ0n) is 8.06. The molecule has 13 heavy (non-hydrogen) atoms. The minimum atomic E-state index is 0.732. The lowest BCUT2D eigenvalue weighted by Crippen LogP contribution is -2.12. The third-order valence-electron chi connectivity index (χ3n) is 2.11. The molecule has 0 radical (unpaired) electrons. The summed E-state index contributed by atoms with van der Waals surface area (Å²) < 4.78 is 1.42. The molecule has 1 atom stereocenters. The lowest BCUT2D eigenvalue weighted by Gasteiger charge is -2.17. The first-order chi connectivity index (χ1) is 6.24. The Morgan fingerprint density at radius 2 is 2.31 bits per heavy atom. The van der Waals surface area contributed by atoms with Crippen molar-refractivity contribution in [2.75, 3.05) is 11.5 Å². The third-order valence-corrected chi connectivity index (χ3v) is 4.90. The molecule has 0 aromatic carbocycles. The molecule has 1 aromatic rings. The van der Waals surface area contributed by atoms with Crippen LogP contribution in [0.2, 0.25) is 0 Å². The fraction of sp³-hybridized carbons (Fsp3) is 0.600. The van der Waals surface area contributed by atoms with Gasteiger partial charge in [0.15, 0.2) is 0 Å². The molecule has 1 heterocycles. The van der Waals surface area contributed by atoms with Crippen LogP contribution in [0.1, 0.15) is 13.8 Å². The summed E-state index contributed by atoms with van der Waals surface area (Å²) >= 11 is 8.16. The van der Waals surface area contributed by atoms with Crippen LogP contribution in [-0.2, 0) is 0 Å². The predicted molar refractivity (Wildman–Crippen MR) is 67.2 cm³/mol. The average Bonchev–Trinajstić information content (AvgIpc) is 2.57. The van der Waals surface area contributed by atoms with E-state index in [2.05, 4.69) is 44.0 Å². The molecule has 0 N–H and O–H groups in total. The fourth-order valence-electron chi connectivity index (χ4n) is 0.991. The molecule has 1 rings (SSSR count). The van der Waals surface area contributed by atoms with Crippen LogP contribution in [0.4, 0.5) is 0 Å². The Hall–Kier alpha value is 0.400. The van der Waals surface area contributed by atoms with Crippen molar-refractivity contribution in [1.82, 2.24) is 0 Å². The smallest absolute Gasteiger partial charge is 0.0598 e. The van der Waals surface area contributed by atoms with Gasteiger partial charge in [-0.2, -0.15) is 12.6 Å². The van der Waals surface area contributed by atoms with Crippen molar-refractivity contribution in [3.8, 4) is 0 Å². The second-order valence-corrected chi connectivity index (χ2v) is 6.06. The van der Waals surface area contributed by atoms with E-state index >= 15 is 0 Å². The van der Waals surface area contributed by atoms with E-state index in [-0.39, 0.29) is 0 Å². The van der Waals surface area contributed by atoms with Gasteiger partial charge in [-0.05, 0) is 29.0 Å². The summed E-state index contributed by atoms with van der Waals surface area (Å²) in [6, 6.07) is 4.29. The first kappa shape index (κ1) is 11.5. The standard InChI is InChI=1S/C10H16S3/c1-8(2)9(6-11)7-13-10-4-3-5-12-10/h3-5,8-9,11H,6-7H2,1-2H3. The highest BCUT2D eigenvalue weighted by Gasteiger charge is 2.11. The van der Waals surface area contributed by atoms with Crippen LogP contribution in [0, 0.1) is 11.8 Å². The fourth-order valence-corrected chi connectivity index (χ4v) is 3.86. The Bertz CT molecular complexity index is 216. The second kappa shape index (κ2) is 5.99. The summed E-state index contributed by atoms with van der Waals surface area (Å²) in [7, 11) is 0. The molecule has 1 unspecified atom stereocenters. The summed E-state index contributed by atoms with van der Waals surface area (Å²) in [6.45, 7) is 4.55. The molecule has 74 valence electrons.